The van der Waals surface area contributed by atoms with Crippen LogP contribution in [0.25, 0.3) is 0 Å². The Balaban J connectivity index is 0.000000353. The Hall–Kier alpha value is -4.91. The molecule has 61 heavy (non-hydrogen) atoms. The van der Waals surface area contributed by atoms with Gasteiger partial charge in [-0.05, 0) is 81.8 Å². The van der Waals surface area contributed by atoms with Gasteiger partial charge in [-0.15, -0.1) is 23.2 Å². The van der Waals surface area contributed by atoms with E-state index in [-0.39, 0.29) is 30.7 Å². The number of nitrogens with zero attached hydrogens (tertiary/aromatic N) is 1. The lowest BCUT2D eigenvalue weighted by Crippen LogP contribution is -2.53. The molecule has 0 bridgehead atoms. The smallest absolute Gasteiger partial charge is 0.444 e. The van der Waals surface area contributed by atoms with Crippen molar-refractivity contribution >= 4 is 47.4 Å². The van der Waals surface area contributed by atoms with Gasteiger partial charge in [0.2, 0.25) is 18.1 Å². The molecule has 4 aromatic carbocycles. The van der Waals surface area contributed by atoms with E-state index in [1.165, 1.54) is 0 Å². The summed E-state index contributed by atoms with van der Waals surface area (Å²) in [5, 5.41) is 9.81. The lowest BCUT2D eigenvalue weighted by Gasteiger charge is -2.41. The van der Waals surface area contributed by atoms with Crippen molar-refractivity contribution in [3.63, 3.8) is 0 Å². The molecule has 0 saturated carbocycles. The van der Waals surface area contributed by atoms with Crippen molar-refractivity contribution in [2.45, 2.75) is 89.6 Å². The van der Waals surface area contributed by atoms with Gasteiger partial charge in [0, 0.05) is 26.2 Å². The van der Waals surface area contributed by atoms with Gasteiger partial charge in [0.05, 0.1) is 16.2 Å². The van der Waals surface area contributed by atoms with E-state index in [1.807, 2.05) is 130 Å². The van der Waals surface area contributed by atoms with E-state index in [1.54, 1.807) is 4.90 Å². The Labute approximate surface area is 368 Å². The highest BCUT2D eigenvalue weighted by Crippen LogP contribution is 2.37. The van der Waals surface area contributed by atoms with Crippen molar-refractivity contribution in [1.29, 1.82) is 0 Å². The molecule has 0 aromatic heterocycles. The van der Waals surface area contributed by atoms with Gasteiger partial charge in [0.25, 0.3) is 0 Å². The Morgan fingerprint density at radius 1 is 0.672 bits per heavy atom. The van der Waals surface area contributed by atoms with E-state index in [4.69, 9.17) is 32.7 Å². The van der Waals surface area contributed by atoms with Crippen LogP contribution in [0, 0.1) is 0 Å². The third-order valence-corrected chi connectivity index (χ3v) is 9.97. The molecule has 332 valence electrons. The number of likely N-dealkylation sites (tertiary alicyclic amines) is 1. The third-order valence-electron chi connectivity index (χ3n) is 9.97. The molecule has 2 fully saturated rings. The monoisotopic (exact) mass is 886 g/mol. The number of benzene rings is 4. The molecule has 2 aliphatic rings. The Bertz CT molecular complexity index is 1870. The van der Waals surface area contributed by atoms with Crippen molar-refractivity contribution in [3.05, 3.63) is 144 Å². The van der Waals surface area contributed by atoms with Gasteiger partial charge in [0.1, 0.15) is 5.60 Å². The molecule has 0 spiro atoms. The van der Waals surface area contributed by atoms with E-state index < -0.39 is 28.9 Å². The first-order valence-corrected chi connectivity index (χ1v) is 20.7. The SMILES string of the molecule is C.CC(C)(C)OC(=O)N1CCC(C(=O)NCc2ccccc2)(c2ccccc2)CC1.ClCCl.O=C(NCc1ccccc1)C1(c2ccccc2)CCNCC1.O=CC(F)(F)F. The molecule has 6 rings (SSSR count). The van der Waals surface area contributed by atoms with Crippen LogP contribution in [0.5, 0.6) is 0 Å². The third kappa shape index (κ3) is 17.2. The summed E-state index contributed by atoms with van der Waals surface area (Å²) < 4.78 is 36.8. The summed E-state index contributed by atoms with van der Waals surface area (Å²) in [6.45, 7) is 9.40. The Morgan fingerprint density at radius 2 is 1.00 bits per heavy atom. The second-order valence-electron chi connectivity index (χ2n) is 15.2. The number of amides is 3. The lowest BCUT2D eigenvalue weighted by molar-refractivity contribution is -0.156. The van der Waals surface area contributed by atoms with E-state index in [9.17, 15) is 27.6 Å². The van der Waals surface area contributed by atoms with Gasteiger partial charge in [-0.1, -0.05) is 129 Å². The molecule has 2 aliphatic heterocycles. The Morgan fingerprint density at radius 3 is 1.33 bits per heavy atom. The quantitative estimate of drug-likeness (QED) is 0.120. The summed E-state index contributed by atoms with van der Waals surface area (Å²) >= 11 is 9.53. The minimum atomic E-state index is -4.64. The second-order valence-corrected chi connectivity index (χ2v) is 16.0. The van der Waals surface area contributed by atoms with Gasteiger partial charge in [-0.2, -0.15) is 13.2 Å². The van der Waals surface area contributed by atoms with Crippen LogP contribution in [0.1, 0.15) is 76.1 Å². The minimum Gasteiger partial charge on any atom is -0.444 e. The zero-order chi connectivity index (χ0) is 44.1. The molecule has 2 heterocycles. The van der Waals surface area contributed by atoms with Gasteiger partial charge < -0.3 is 25.6 Å². The molecule has 2 saturated heterocycles. The average Bonchev–Trinajstić information content (AvgIpc) is 3.26. The molecule has 3 N–H and O–H groups in total. The van der Waals surface area contributed by atoms with Crippen LogP contribution < -0.4 is 16.0 Å². The van der Waals surface area contributed by atoms with E-state index in [2.05, 4.69) is 28.1 Å². The number of nitrogens with one attached hydrogen (secondary N) is 3. The van der Waals surface area contributed by atoms with Crippen LogP contribution in [0.3, 0.4) is 0 Å². The molecule has 9 nitrogen and oxygen atoms in total. The van der Waals surface area contributed by atoms with Crippen LogP contribution >= 0.6 is 23.2 Å². The molecule has 0 radical (unpaired) electrons. The average molecular weight is 888 g/mol. The fourth-order valence-corrected chi connectivity index (χ4v) is 6.95. The number of hydrogen-bond acceptors (Lipinski definition) is 6. The fourth-order valence-electron chi connectivity index (χ4n) is 6.95. The first-order chi connectivity index (χ1) is 28.6. The maximum Gasteiger partial charge on any atom is 0.446 e. The highest BCUT2D eigenvalue weighted by molar-refractivity contribution is 6.40. The summed E-state index contributed by atoms with van der Waals surface area (Å²) in [7, 11) is 0. The summed E-state index contributed by atoms with van der Waals surface area (Å²) in [4.78, 5) is 49.2. The standard InChI is InChI=1S/C24H30N2O3.C19H22N2O.C2HF3O.CH2Cl2.CH4/c1-23(2,3)29-22(28)26-16-14-24(15-17-26,20-12-8-5-9-13-20)21(27)25-18-19-10-6-4-7-11-19;22-18(21-15-16-7-3-1-4-8-16)19(11-13-20-14-12-19)17-9-5-2-6-10-17;3-2(4,5)1-6;2-1-3;/h4-13H,14-18H2,1-3H3,(H,25,27);1-10,20H,11-15H2,(H,21,22);1H;1H2;1H4. The second kappa shape index (κ2) is 25.8. The maximum absolute atomic E-state index is 13.4. The number of alkyl halides is 5. The predicted octanol–water partition coefficient (Wildman–Crippen LogP) is 9.70. The summed E-state index contributed by atoms with van der Waals surface area (Å²) in [5.41, 5.74) is 2.74. The van der Waals surface area contributed by atoms with E-state index >= 15 is 0 Å². The number of hydrogen-bond donors (Lipinski definition) is 3. The highest BCUT2D eigenvalue weighted by Gasteiger charge is 2.44. The van der Waals surface area contributed by atoms with Gasteiger partial charge in [-0.25, -0.2) is 4.79 Å². The molecule has 3 amide bonds. The van der Waals surface area contributed by atoms with Gasteiger partial charge in [0.15, 0.2) is 0 Å². The topological polar surface area (TPSA) is 117 Å². The number of ether oxygens (including phenoxy) is 1. The number of piperidine rings is 2. The fraction of sp³-hybridized carbons (Fsp3) is 0.404. The first kappa shape index (κ1) is 52.2. The van der Waals surface area contributed by atoms with Crippen LogP contribution in [-0.2, 0) is 43.0 Å². The van der Waals surface area contributed by atoms with Crippen LogP contribution in [0.4, 0.5) is 18.0 Å². The molecule has 14 heteroatoms. The number of carbonyl (C=O) groups excluding carboxylic acids is 4. The van der Waals surface area contributed by atoms with Crippen molar-refractivity contribution in [2.75, 3.05) is 31.5 Å². The van der Waals surface area contributed by atoms with Crippen molar-refractivity contribution in [2.24, 2.45) is 0 Å². The number of halogens is 5. The van der Waals surface area contributed by atoms with Crippen molar-refractivity contribution in [1.82, 2.24) is 20.9 Å². The van der Waals surface area contributed by atoms with Gasteiger partial charge in [-0.3, -0.25) is 14.4 Å². The van der Waals surface area contributed by atoms with E-state index in [0.717, 1.165) is 48.2 Å². The summed E-state index contributed by atoms with van der Waals surface area (Å²) in [5.74, 6) is 0.153. The molecule has 0 atom stereocenters. The predicted molar refractivity (Wildman–Crippen MR) is 237 cm³/mol. The summed E-state index contributed by atoms with van der Waals surface area (Å²) in [6.07, 6.45) is -3.19. The maximum atomic E-state index is 13.4. The van der Waals surface area contributed by atoms with Gasteiger partial charge >= 0.3 is 12.3 Å². The van der Waals surface area contributed by atoms with Crippen LogP contribution in [0.2, 0.25) is 0 Å². The minimum absolute atomic E-state index is 0. The number of rotatable bonds is 8. The molecule has 0 aliphatic carbocycles. The highest BCUT2D eigenvalue weighted by atomic mass is 35.5. The van der Waals surface area contributed by atoms with Crippen LogP contribution in [0.15, 0.2) is 121 Å². The van der Waals surface area contributed by atoms with Crippen LogP contribution in [-0.4, -0.2) is 72.4 Å². The summed E-state index contributed by atoms with van der Waals surface area (Å²) in [6, 6.07) is 40.0. The molecule has 4 aromatic rings. The normalized spacial score (nSPS) is 15.2. The molecule has 0 unspecified atom stereocenters. The van der Waals surface area contributed by atoms with Crippen molar-refractivity contribution < 1.29 is 37.1 Å². The zero-order valence-electron chi connectivity index (χ0n) is 34.3. The molecular weight excluding hydrogens is 828 g/mol. The number of aldehydes is 1. The van der Waals surface area contributed by atoms with E-state index in [0.29, 0.717) is 39.0 Å². The Kier molecular flexibility index (Phi) is 22.1. The largest absolute Gasteiger partial charge is 0.446 e. The zero-order valence-corrected chi connectivity index (χ0v) is 35.8. The lowest BCUT2D eigenvalue weighted by atomic mass is 9.72. The first-order valence-electron chi connectivity index (χ1n) is 19.7. The molecular formula is C47H59Cl2F3N4O5. The number of carbonyl (C=O) groups is 4. The van der Waals surface area contributed by atoms with Crippen molar-refractivity contribution in [3.8, 4) is 0 Å².